The molecule has 1 aromatic carbocycles. The van der Waals surface area contributed by atoms with E-state index < -0.39 is 0 Å². The highest BCUT2D eigenvalue weighted by atomic mass is 19.1. The Kier molecular flexibility index (Phi) is 4.45. The number of hydrogen-bond acceptors (Lipinski definition) is 3. The van der Waals surface area contributed by atoms with E-state index in [9.17, 15) is 9.18 Å². The summed E-state index contributed by atoms with van der Waals surface area (Å²) in [5, 5.41) is 0.685. The number of aromatic nitrogens is 1. The summed E-state index contributed by atoms with van der Waals surface area (Å²) < 4.78 is 19.1. The number of rotatable bonds is 4. The topological polar surface area (TPSA) is 46.3 Å². The second kappa shape index (κ2) is 6.90. The molecule has 2 heterocycles. The first kappa shape index (κ1) is 16.8. The molecule has 134 valence electrons. The van der Waals surface area contributed by atoms with Gasteiger partial charge in [-0.2, -0.15) is 0 Å². The van der Waals surface area contributed by atoms with Gasteiger partial charge in [-0.15, -0.1) is 0 Å². The molecule has 0 saturated heterocycles. The second-order valence-corrected chi connectivity index (χ2v) is 6.92. The van der Waals surface area contributed by atoms with Gasteiger partial charge in [0.15, 0.2) is 0 Å². The van der Waals surface area contributed by atoms with Crippen molar-refractivity contribution in [2.75, 3.05) is 0 Å². The minimum atomic E-state index is -0.350. The molecule has 0 bridgehead atoms. The molecular weight excluding hydrogens is 331 g/mol. The summed E-state index contributed by atoms with van der Waals surface area (Å²) in [6, 6.07) is 10.1. The summed E-state index contributed by atoms with van der Waals surface area (Å²) in [7, 11) is 0. The average Bonchev–Trinajstić information content (AvgIpc) is 3.31. The Morgan fingerprint density at radius 3 is 2.81 bits per heavy atom. The summed E-state index contributed by atoms with van der Waals surface area (Å²) in [4.78, 5) is 19.8. The van der Waals surface area contributed by atoms with E-state index in [1.165, 1.54) is 12.1 Å². The highest BCUT2D eigenvalue weighted by molar-refractivity contribution is 6.06. The molecule has 0 spiro atoms. The molecule has 1 amide bonds. The highest BCUT2D eigenvalue weighted by Gasteiger charge is 2.29. The van der Waals surface area contributed by atoms with E-state index in [1.54, 1.807) is 18.4 Å². The molecule has 0 radical (unpaired) electrons. The highest BCUT2D eigenvalue weighted by Crippen LogP contribution is 2.29. The van der Waals surface area contributed by atoms with Crippen molar-refractivity contribution in [3.05, 3.63) is 65.5 Å². The molecule has 1 aliphatic rings. The van der Waals surface area contributed by atoms with Crippen LogP contribution in [0.1, 0.15) is 47.5 Å². The molecule has 5 heteroatoms. The van der Waals surface area contributed by atoms with E-state index in [0.717, 1.165) is 31.4 Å². The first-order chi connectivity index (χ1) is 12.6. The van der Waals surface area contributed by atoms with Crippen LogP contribution in [0.25, 0.3) is 10.9 Å². The molecule has 1 fully saturated rings. The number of carbonyl (C=O) groups excluding carboxylic acids is 1. The van der Waals surface area contributed by atoms with Crippen LogP contribution in [0, 0.1) is 12.7 Å². The average molecular weight is 352 g/mol. The van der Waals surface area contributed by atoms with Gasteiger partial charge in [0.25, 0.3) is 5.91 Å². The van der Waals surface area contributed by atoms with Gasteiger partial charge >= 0.3 is 0 Å². The van der Waals surface area contributed by atoms with Crippen molar-refractivity contribution < 1.29 is 13.6 Å². The van der Waals surface area contributed by atoms with Gasteiger partial charge in [0.1, 0.15) is 11.6 Å². The fourth-order valence-electron chi connectivity index (χ4n) is 3.82. The molecule has 26 heavy (non-hydrogen) atoms. The summed E-state index contributed by atoms with van der Waals surface area (Å²) >= 11 is 0. The van der Waals surface area contributed by atoms with Gasteiger partial charge in [-0.1, -0.05) is 12.8 Å². The SMILES string of the molecule is Cc1cc(C(=O)N(Cc2ccco2)C2CCCC2)c2ccc(F)cc2n1. The summed E-state index contributed by atoms with van der Waals surface area (Å²) in [5.41, 5.74) is 1.79. The van der Waals surface area contributed by atoms with Crippen molar-refractivity contribution in [1.82, 2.24) is 9.88 Å². The molecular formula is C21H21FN2O2. The number of halogens is 1. The van der Waals surface area contributed by atoms with E-state index in [0.29, 0.717) is 28.7 Å². The monoisotopic (exact) mass is 352 g/mol. The molecule has 0 atom stereocenters. The molecule has 0 aliphatic heterocycles. The van der Waals surface area contributed by atoms with Crippen molar-refractivity contribution in [2.45, 2.75) is 45.2 Å². The predicted molar refractivity (Wildman–Crippen MR) is 97.3 cm³/mol. The number of furan rings is 1. The molecule has 1 aliphatic carbocycles. The Bertz CT molecular complexity index is 925. The van der Waals surface area contributed by atoms with Crippen molar-refractivity contribution in [1.29, 1.82) is 0 Å². The Hall–Kier alpha value is -2.69. The normalized spacial score (nSPS) is 14.8. The largest absolute Gasteiger partial charge is 0.467 e. The van der Waals surface area contributed by atoms with Gasteiger partial charge in [-0.3, -0.25) is 9.78 Å². The van der Waals surface area contributed by atoms with Crippen molar-refractivity contribution >= 4 is 16.8 Å². The Morgan fingerprint density at radius 2 is 2.08 bits per heavy atom. The minimum absolute atomic E-state index is 0.0459. The number of nitrogens with zero attached hydrogens (tertiary/aromatic N) is 2. The lowest BCUT2D eigenvalue weighted by molar-refractivity contribution is 0.0651. The van der Waals surface area contributed by atoms with Gasteiger partial charge in [0, 0.05) is 23.2 Å². The molecule has 0 N–H and O–H groups in total. The fourth-order valence-corrected chi connectivity index (χ4v) is 3.82. The third-order valence-electron chi connectivity index (χ3n) is 5.06. The zero-order valence-electron chi connectivity index (χ0n) is 14.7. The van der Waals surface area contributed by atoms with E-state index in [2.05, 4.69) is 4.98 Å². The first-order valence-electron chi connectivity index (χ1n) is 9.02. The third kappa shape index (κ3) is 3.21. The summed E-state index contributed by atoms with van der Waals surface area (Å²) in [6.45, 7) is 2.27. The maximum absolute atomic E-state index is 13.6. The first-order valence-corrected chi connectivity index (χ1v) is 9.02. The lowest BCUT2D eigenvalue weighted by Gasteiger charge is -2.29. The molecule has 4 nitrogen and oxygen atoms in total. The Labute approximate surface area is 151 Å². The number of benzene rings is 1. The number of amides is 1. The van der Waals surface area contributed by atoms with Crippen LogP contribution in [0.2, 0.25) is 0 Å². The van der Waals surface area contributed by atoms with Crippen LogP contribution in [0.3, 0.4) is 0 Å². The minimum Gasteiger partial charge on any atom is -0.467 e. The van der Waals surface area contributed by atoms with Crippen LogP contribution in [-0.2, 0) is 6.54 Å². The summed E-state index contributed by atoms with van der Waals surface area (Å²) in [6.07, 6.45) is 5.90. The van der Waals surface area contributed by atoms with Crippen LogP contribution < -0.4 is 0 Å². The van der Waals surface area contributed by atoms with Crippen LogP contribution >= 0.6 is 0 Å². The van der Waals surface area contributed by atoms with Crippen LogP contribution in [-0.4, -0.2) is 21.8 Å². The van der Waals surface area contributed by atoms with E-state index in [-0.39, 0.29) is 17.8 Å². The quantitative estimate of drug-likeness (QED) is 0.673. The van der Waals surface area contributed by atoms with E-state index >= 15 is 0 Å². The third-order valence-corrected chi connectivity index (χ3v) is 5.06. The van der Waals surface area contributed by atoms with Crippen LogP contribution in [0.15, 0.2) is 47.1 Å². The number of pyridine rings is 1. The number of hydrogen-bond donors (Lipinski definition) is 0. The van der Waals surface area contributed by atoms with Crippen molar-refractivity contribution in [3.8, 4) is 0 Å². The second-order valence-electron chi connectivity index (χ2n) is 6.92. The van der Waals surface area contributed by atoms with E-state index in [4.69, 9.17) is 4.42 Å². The van der Waals surface area contributed by atoms with E-state index in [1.807, 2.05) is 24.0 Å². The summed E-state index contributed by atoms with van der Waals surface area (Å²) in [5.74, 6) is 0.374. The molecule has 3 aromatic rings. The Morgan fingerprint density at radius 1 is 1.27 bits per heavy atom. The molecule has 2 aromatic heterocycles. The molecule has 4 rings (SSSR count). The maximum atomic E-state index is 13.6. The number of carbonyl (C=O) groups is 1. The zero-order chi connectivity index (χ0) is 18.1. The zero-order valence-corrected chi connectivity index (χ0v) is 14.7. The van der Waals surface area contributed by atoms with Gasteiger partial charge < -0.3 is 9.32 Å². The molecule has 0 unspecified atom stereocenters. The Balaban J connectivity index is 1.76. The van der Waals surface area contributed by atoms with Crippen molar-refractivity contribution in [3.63, 3.8) is 0 Å². The van der Waals surface area contributed by atoms with Gasteiger partial charge in [0.05, 0.1) is 23.9 Å². The van der Waals surface area contributed by atoms with Crippen LogP contribution in [0.5, 0.6) is 0 Å². The predicted octanol–water partition coefficient (Wildman–Crippen LogP) is 4.86. The standard InChI is InChI=1S/C21H21FN2O2/c1-14-11-19(18-9-8-15(22)12-20(18)23-14)21(25)24(16-5-2-3-6-16)13-17-7-4-10-26-17/h4,7-12,16H,2-3,5-6,13H2,1H3. The smallest absolute Gasteiger partial charge is 0.255 e. The van der Waals surface area contributed by atoms with Gasteiger partial charge in [-0.25, -0.2) is 4.39 Å². The lowest BCUT2D eigenvalue weighted by Crippen LogP contribution is -2.38. The van der Waals surface area contributed by atoms with Gasteiger partial charge in [-0.05, 0) is 50.1 Å². The number of fused-ring (bicyclic) bond motifs is 1. The number of aryl methyl sites for hydroxylation is 1. The van der Waals surface area contributed by atoms with Crippen molar-refractivity contribution in [2.24, 2.45) is 0 Å². The van der Waals surface area contributed by atoms with Gasteiger partial charge in [0.2, 0.25) is 0 Å². The lowest BCUT2D eigenvalue weighted by atomic mass is 10.0. The van der Waals surface area contributed by atoms with Crippen LogP contribution in [0.4, 0.5) is 4.39 Å². The fraction of sp³-hybridized carbons (Fsp3) is 0.333. The maximum Gasteiger partial charge on any atom is 0.255 e. The molecule has 1 saturated carbocycles.